The Bertz CT molecular complexity index is 1090. The number of aromatic nitrogens is 3. The SMILES string of the molecule is Cc1nc(-c2ccccc2)n(CC(=O)NC(c2ccc(F)cc2)c2cccs2)n1. The van der Waals surface area contributed by atoms with E-state index in [-0.39, 0.29) is 24.3 Å². The summed E-state index contributed by atoms with van der Waals surface area (Å²) >= 11 is 1.54. The summed E-state index contributed by atoms with van der Waals surface area (Å²) in [5.74, 6) is 0.739. The quantitative estimate of drug-likeness (QED) is 0.518. The normalized spacial score (nSPS) is 11.9. The van der Waals surface area contributed by atoms with Crippen molar-refractivity contribution in [2.24, 2.45) is 0 Å². The molecule has 2 aromatic carbocycles. The largest absolute Gasteiger partial charge is 0.343 e. The number of nitrogens with one attached hydrogen (secondary N) is 1. The third-order valence-corrected chi connectivity index (χ3v) is 5.38. The zero-order valence-corrected chi connectivity index (χ0v) is 16.6. The standard InChI is InChI=1S/C22H19FN4OS/c1-15-24-22(17-6-3-2-4-7-17)27(26-15)14-20(28)25-21(19-8-5-13-29-19)16-9-11-18(23)12-10-16/h2-13,21H,14H2,1H3,(H,25,28). The molecule has 0 radical (unpaired) electrons. The molecule has 0 aliphatic carbocycles. The van der Waals surface area contributed by atoms with Crippen LogP contribution in [0.25, 0.3) is 11.4 Å². The molecule has 146 valence electrons. The summed E-state index contributed by atoms with van der Waals surface area (Å²) in [6.45, 7) is 1.84. The number of aryl methyl sites for hydroxylation is 1. The average molecular weight is 406 g/mol. The molecule has 2 aromatic heterocycles. The van der Waals surface area contributed by atoms with Crippen molar-refractivity contribution in [1.82, 2.24) is 20.1 Å². The molecule has 29 heavy (non-hydrogen) atoms. The highest BCUT2D eigenvalue weighted by molar-refractivity contribution is 7.10. The number of amides is 1. The molecule has 0 fully saturated rings. The first kappa shape index (κ1) is 19.0. The fraction of sp³-hybridized carbons (Fsp3) is 0.136. The number of carbonyl (C=O) groups excluding carboxylic acids is 1. The lowest BCUT2D eigenvalue weighted by Crippen LogP contribution is -2.32. The Morgan fingerprint density at radius 2 is 1.86 bits per heavy atom. The molecule has 5 nitrogen and oxygen atoms in total. The second-order valence-electron chi connectivity index (χ2n) is 6.57. The van der Waals surface area contributed by atoms with Crippen molar-refractivity contribution in [3.63, 3.8) is 0 Å². The van der Waals surface area contributed by atoms with Gasteiger partial charge in [-0.05, 0) is 36.1 Å². The second kappa shape index (κ2) is 8.36. The number of halogens is 1. The van der Waals surface area contributed by atoms with E-state index in [1.54, 1.807) is 23.7 Å². The van der Waals surface area contributed by atoms with Crippen molar-refractivity contribution in [3.8, 4) is 11.4 Å². The molecule has 1 N–H and O–H groups in total. The van der Waals surface area contributed by atoms with Gasteiger partial charge in [-0.1, -0.05) is 48.5 Å². The van der Waals surface area contributed by atoms with Crippen LogP contribution in [0, 0.1) is 12.7 Å². The van der Waals surface area contributed by atoms with Crippen LogP contribution in [0.1, 0.15) is 22.3 Å². The summed E-state index contributed by atoms with van der Waals surface area (Å²) < 4.78 is 15.0. The zero-order chi connectivity index (χ0) is 20.2. The van der Waals surface area contributed by atoms with Gasteiger partial charge in [0, 0.05) is 10.4 Å². The minimum absolute atomic E-state index is 0.0359. The van der Waals surface area contributed by atoms with Crippen molar-refractivity contribution in [2.75, 3.05) is 0 Å². The Labute approximate surface area is 171 Å². The van der Waals surface area contributed by atoms with E-state index in [2.05, 4.69) is 15.4 Å². The fourth-order valence-electron chi connectivity index (χ4n) is 3.14. The first-order chi connectivity index (χ1) is 14.1. The van der Waals surface area contributed by atoms with Gasteiger partial charge in [0.05, 0.1) is 6.04 Å². The second-order valence-corrected chi connectivity index (χ2v) is 7.55. The molecule has 1 atom stereocenters. The van der Waals surface area contributed by atoms with Gasteiger partial charge in [0.1, 0.15) is 18.2 Å². The zero-order valence-electron chi connectivity index (χ0n) is 15.7. The van der Waals surface area contributed by atoms with Crippen LogP contribution in [0.5, 0.6) is 0 Å². The molecule has 7 heteroatoms. The highest BCUT2D eigenvalue weighted by Crippen LogP contribution is 2.26. The maximum atomic E-state index is 13.3. The first-order valence-corrected chi connectivity index (χ1v) is 10.0. The van der Waals surface area contributed by atoms with Gasteiger partial charge in [0.15, 0.2) is 5.82 Å². The molecule has 4 rings (SSSR count). The lowest BCUT2D eigenvalue weighted by molar-refractivity contribution is -0.122. The topological polar surface area (TPSA) is 59.8 Å². The number of carbonyl (C=O) groups is 1. The van der Waals surface area contributed by atoms with Gasteiger partial charge in [-0.3, -0.25) is 4.79 Å². The van der Waals surface area contributed by atoms with Crippen LogP contribution < -0.4 is 5.32 Å². The van der Waals surface area contributed by atoms with E-state index in [4.69, 9.17) is 0 Å². The molecular weight excluding hydrogens is 387 g/mol. The molecule has 0 spiro atoms. The summed E-state index contributed by atoms with van der Waals surface area (Å²) in [5.41, 5.74) is 1.72. The minimum atomic E-state index is -0.354. The smallest absolute Gasteiger partial charge is 0.242 e. The summed E-state index contributed by atoms with van der Waals surface area (Å²) in [5, 5.41) is 9.38. The fourth-order valence-corrected chi connectivity index (χ4v) is 3.94. The monoisotopic (exact) mass is 406 g/mol. The maximum absolute atomic E-state index is 13.3. The van der Waals surface area contributed by atoms with Crippen molar-refractivity contribution in [1.29, 1.82) is 0 Å². The van der Waals surface area contributed by atoms with Crippen molar-refractivity contribution < 1.29 is 9.18 Å². The lowest BCUT2D eigenvalue weighted by Gasteiger charge is -2.18. The molecule has 0 bridgehead atoms. The number of hydrogen-bond donors (Lipinski definition) is 1. The van der Waals surface area contributed by atoms with Gasteiger partial charge in [0.2, 0.25) is 5.91 Å². The Morgan fingerprint density at radius 1 is 1.10 bits per heavy atom. The van der Waals surface area contributed by atoms with Gasteiger partial charge in [0.25, 0.3) is 0 Å². The lowest BCUT2D eigenvalue weighted by atomic mass is 10.1. The number of hydrogen-bond acceptors (Lipinski definition) is 4. The van der Waals surface area contributed by atoms with Gasteiger partial charge >= 0.3 is 0 Å². The highest BCUT2D eigenvalue weighted by Gasteiger charge is 2.20. The third kappa shape index (κ3) is 4.41. The van der Waals surface area contributed by atoms with E-state index in [0.29, 0.717) is 11.6 Å². The van der Waals surface area contributed by atoms with Crippen LogP contribution in [0.4, 0.5) is 4.39 Å². The number of thiophene rings is 1. The average Bonchev–Trinajstić information content (AvgIpc) is 3.37. The van der Waals surface area contributed by atoms with Crippen molar-refractivity contribution in [2.45, 2.75) is 19.5 Å². The van der Waals surface area contributed by atoms with Gasteiger partial charge in [-0.25, -0.2) is 14.1 Å². The predicted octanol–water partition coefficient (Wildman–Crippen LogP) is 4.36. The molecule has 0 aliphatic heterocycles. The van der Waals surface area contributed by atoms with Crippen LogP contribution in [-0.2, 0) is 11.3 Å². The molecular formula is C22H19FN4OS. The highest BCUT2D eigenvalue weighted by atomic mass is 32.1. The van der Waals surface area contributed by atoms with Crippen LogP contribution >= 0.6 is 11.3 Å². The molecule has 1 amide bonds. The number of benzene rings is 2. The molecule has 2 heterocycles. The summed E-state index contributed by atoms with van der Waals surface area (Å²) in [6, 6.07) is 19.3. The van der Waals surface area contributed by atoms with Crippen LogP contribution in [0.15, 0.2) is 72.1 Å². The Hall–Kier alpha value is -3.32. The van der Waals surface area contributed by atoms with Crippen LogP contribution in [0.2, 0.25) is 0 Å². The maximum Gasteiger partial charge on any atom is 0.242 e. The van der Waals surface area contributed by atoms with Crippen LogP contribution in [0.3, 0.4) is 0 Å². The summed E-state index contributed by atoms with van der Waals surface area (Å²) in [6.07, 6.45) is 0. The third-order valence-electron chi connectivity index (χ3n) is 4.44. The van der Waals surface area contributed by atoms with E-state index in [0.717, 1.165) is 16.0 Å². The van der Waals surface area contributed by atoms with E-state index >= 15 is 0 Å². The van der Waals surface area contributed by atoms with E-state index < -0.39 is 0 Å². The van der Waals surface area contributed by atoms with Gasteiger partial charge in [-0.15, -0.1) is 11.3 Å². The molecule has 1 unspecified atom stereocenters. The number of rotatable bonds is 6. The van der Waals surface area contributed by atoms with E-state index in [1.165, 1.54) is 23.5 Å². The minimum Gasteiger partial charge on any atom is -0.343 e. The van der Waals surface area contributed by atoms with Crippen LogP contribution in [-0.4, -0.2) is 20.7 Å². The number of nitrogens with zero attached hydrogens (tertiary/aromatic N) is 3. The summed E-state index contributed by atoms with van der Waals surface area (Å²) in [4.78, 5) is 18.3. The molecule has 0 aliphatic rings. The first-order valence-electron chi connectivity index (χ1n) is 9.15. The Balaban J connectivity index is 1.57. The van der Waals surface area contributed by atoms with Gasteiger partial charge < -0.3 is 5.32 Å². The van der Waals surface area contributed by atoms with E-state index in [1.807, 2.05) is 47.8 Å². The van der Waals surface area contributed by atoms with E-state index in [9.17, 15) is 9.18 Å². The molecule has 4 aromatic rings. The molecule has 0 saturated carbocycles. The van der Waals surface area contributed by atoms with Crippen molar-refractivity contribution >= 4 is 17.2 Å². The van der Waals surface area contributed by atoms with Crippen molar-refractivity contribution in [3.05, 3.63) is 94.2 Å². The molecule has 0 saturated heterocycles. The Morgan fingerprint density at radius 3 is 2.55 bits per heavy atom. The Kier molecular flexibility index (Phi) is 5.48. The summed E-state index contributed by atoms with van der Waals surface area (Å²) in [7, 11) is 0. The predicted molar refractivity (Wildman–Crippen MR) is 111 cm³/mol. The van der Waals surface area contributed by atoms with Gasteiger partial charge in [-0.2, -0.15) is 5.10 Å².